The molecule has 1 unspecified atom stereocenters. The van der Waals surface area contributed by atoms with Crippen LogP contribution in [0.5, 0.6) is 0 Å². The average molecular weight is 490 g/mol. The van der Waals surface area contributed by atoms with Gasteiger partial charge in [0.15, 0.2) is 0 Å². The van der Waals surface area contributed by atoms with E-state index in [2.05, 4.69) is 10.2 Å². The van der Waals surface area contributed by atoms with E-state index in [1.54, 1.807) is 16.8 Å². The molecule has 1 N–H and O–H groups in total. The first-order valence-corrected chi connectivity index (χ1v) is 12.2. The number of methoxy groups -OCH3 is 1. The quantitative estimate of drug-likeness (QED) is 0.635. The number of anilines is 2. The van der Waals surface area contributed by atoms with E-state index in [-0.39, 0.29) is 30.8 Å². The largest absolute Gasteiger partial charge is 0.468 e. The standard InChI is InChI=1S/C25H39N5O5/c1-25(2,3)35-24(33)30-13-7-6-8-21(30)28-14-16-29(17-15-28)23(32)26-19-9-11-20(12-10-19)27(4)18-22(31)34-5/h9-12,21H,6-8,13-18H2,1-5H3,(H,26,32). The van der Waals surface area contributed by atoms with Crippen molar-refractivity contribution in [1.29, 1.82) is 0 Å². The molecule has 0 aromatic heterocycles. The molecule has 3 rings (SSSR count). The lowest BCUT2D eigenvalue weighted by Crippen LogP contribution is -2.60. The Morgan fingerprint density at radius 1 is 1.03 bits per heavy atom. The molecular weight excluding hydrogens is 450 g/mol. The molecular formula is C25H39N5O5. The number of likely N-dealkylation sites (N-methyl/N-ethyl adjacent to an activating group) is 1. The van der Waals surface area contributed by atoms with Crippen molar-refractivity contribution >= 4 is 29.5 Å². The summed E-state index contributed by atoms with van der Waals surface area (Å²) in [5.74, 6) is -0.313. The summed E-state index contributed by atoms with van der Waals surface area (Å²) in [5, 5.41) is 2.95. The Hall–Kier alpha value is -3.01. The van der Waals surface area contributed by atoms with E-state index >= 15 is 0 Å². The van der Waals surface area contributed by atoms with Gasteiger partial charge in [-0.2, -0.15) is 0 Å². The number of piperidine rings is 1. The number of piperazine rings is 1. The topological polar surface area (TPSA) is 94.7 Å². The van der Waals surface area contributed by atoms with E-state index in [4.69, 9.17) is 9.47 Å². The average Bonchev–Trinajstić information content (AvgIpc) is 2.83. The second kappa shape index (κ2) is 11.6. The number of amides is 3. The Bertz CT molecular complexity index is 877. The molecule has 2 saturated heterocycles. The van der Waals surface area contributed by atoms with Gasteiger partial charge in [-0.25, -0.2) is 9.59 Å². The van der Waals surface area contributed by atoms with Crippen LogP contribution >= 0.6 is 0 Å². The van der Waals surface area contributed by atoms with Gasteiger partial charge in [0, 0.05) is 51.1 Å². The van der Waals surface area contributed by atoms with Crippen LogP contribution in [0, 0.1) is 0 Å². The molecule has 0 radical (unpaired) electrons. The smallest absolute Gasteiger partial charge is 0.411 e. The lowest BCUT2D eigenvalue weighted by atomic mass is 10.1. The summed E-state index contributed by atoms with van der Waals surface area (Å²) in [6.07, 6.45) is 2.73. The van der Waals surface area contributed by atoms with Crippen LogP contribution in [0.15, 0.2) is 24.3 Å². The molecule has 194 valence electrons. The van der Waals surface area contributed by atoms with E-state index in [1.165, 1.54) is 7.11 Å². The Kier molecular flexibility index (Phi) is 8.82. The van der Waals surface area contributed by atoms with Crippen molar-refractivity contribution in [3.8, 4) is 0 Å². The van der Waals surface area contributed by atoms with Crippen LogP contribution in [-0.4, -0.2) is 98.0 Å². The maximum atomic E-state index is 12.8. The van der Waals surface area contributed by atoms with E-state index in [0.717, 1.165) is 24.9 Å². The van der Waals surface area contributed by atoms with Crippen LogP contribution in [0.25, 0.3) is 0 Å². The van der Waals surface area contributed by atoms with Gasteiger partial charge in [0.25, 0.3) is 0 Å². The second-order valence-corrected chi connectivity index (χ2v) is 10.1. The third-order valence-electron chi connectivity index (χ3n) is 6.28. The minimum atomic E-state index is -0.523. The van der Waals surface area contributed by atoms with Crippen molar-refractivity contribution in [3.63, 3.8) is 0 Å². The van der Waals surface area contributed by atoms with Crippen LogP contribution < -0.4 is 10.2 Å². The minimum absolute atomic E-state index is 0.0123. The summed E-state index contributed by atoms with van der Waals surface area (Å²) in [6.45, 7) is 9.09. The highest BCUT2D eigenvalue weighted by Gasteiger charge is 2.36. The summed E-state index contributed by atoms with van der Waals surface area (Å²) in [4.78, 5) is 44.8. The fraction of sp³-hybridized carbons (Fsp3) is 0.640. The van der Waals surface area contributed by atoms with Crippen LogP contribution in [0.4, 0.5) is 21.0 Å². The predicted octanol–water partition coefficient (Wildman–Crippen LogP) is 3.19. The van der Waals surface area contributed by atoms with Gasteiger partial charge in [-0.3, -0.25) is 14.6 Å². The Morgan fingerprint density at radius 3 is 2.29 bits per heavy atom. The first-order valence-electron chi connectivity index (χ1n) is 12.2. The number of benzene rings is 1. The third kappa shape index (κ3) is 7.48. The maximum absolute atomic E-state index is 12.8. The zero-order valence-electron chi connectivity index (χ0n) is 21.6. The number of likely N-dealkylation sites (tertiary alicyclic amines) is 1. The highest BCUT2D eigenvalue weighted by molar-refractivity contribution is 5.89. The molecule has 2 aliphatic rings. The molecule has 35 heavy (non-hydrogen) atoms. The zero-order valence-corrected chi connectivity index (χ0v) is 21.6. The number of ether oxygens (including phenoxy) is 2. The van der Waals surface area contributed by atoms with Gasteiger partial charge in [0.05, 0.1) is 13.3 Å². The summed E-state index contributed by atoms with van der Waals surface area (Å²) in [7, 11) is 3.17. The highest BCUT2D eigenvalue weighted by Crippen LogP contribution is 2.24. The number of urea groups is 1. The van der Waals surface area contributed by atoms with E-state index in [0.29, 0.717) is 38.4 Å². The molecule has 0 aliphatic carbocycles. The first-order chi connectivity index (χ1) is 16.6. The Morgan fingerprint density at radius 2 is 1.69 bits per heavy atom. The zero-order chi connectivity index (χ0) is 25.6. The molecule has 2 fully saturated rings. The van der Waals surface area contributed by atoms with Crippen molar-refractivity contribution in [2.75, 3.05) is 63.6 Å². The van der Waals surface area contributed by atoms with Gasteiger partial charge in [0.2, 0.25) is 0 Å². The first kappa shape index (κ1) is 26.6. The molecule has 10 heteroatoms. The lowest BCUT2D eigenvalue weighted by Gasteiger charge is -2.45. The van der Waals surface area contributed by atoms with Gasteiger partial charge in [0.1, 0.15) is 12.1 Å². The number of esters is 1. The molecule has 1 aromatic rings. The van der Waals surface area contributed by atoms with Crippen molar-refractivity contribution in [2.45, 2.75) is 51.8 Å². The van der Waals surface area contributed by atoms with Gasteiger partial charge in [-0.15, -0.1) is 0 Å². The predicted molar refractivity (Wildman–Crippen MR) is 134 cm³/mol. The fourth-order valence-electron chi connectivity index (χ4n) is 4.40. The number of nitrogens with zero attached hydrogens (tertiary/aromatic N) is 4. The molecule has 0 bridgehead atoms. The molecule has 2 heterocycles. The monoisotopic (exact) mass is 489 g/mol. The van der Waals surface area contributed by atoms with Crippen molar-refractivity contribution in [2.24, 2.45) is 0 Å². The van der Waals surface area contributed by atoms with Crippen LogP contribution in [-0.2, 0) is 14.3 Å². The highest BCUT2D eigenvalue weighted by atomic mass is 16.6. The van der Waals surface area contributed by atoms with Crippen molar-refractivity contribution < 1.29 is 23.9 Å². The summed E-state index contributed by atoms with van der Waals surface area (Å²) >= 11 is 0. The van der Waals surface area contributed by atoms with E-state index in [9.17, 15) is 14.4 Å². The lowest BCUT2D eigenvalue weighted by molar-refractivity contribution is -0.138. The molecule has 2 aliphatic heterocycles. The Labute approximate surface area is 208 Å². The Balaban J connectivity index is 1.51. The normalized spacial score (nSPS) is 19.2. The van der Waals surface area contributed by atoms with Gasteiger partial charge < -0.3 is 24.6 Å². The number of carbonyl (C=O) groups is 3. The molecule has 10 nitrogen and oxygen atoms in total. The van der Waals surface area contributed by atoms with Crippen LogP contribution in [0.3, 0.4) is 0 Å². The number of hydrogen-bond acceptors (Lipinski definition) is 7. The fourth-order valence-corrected chi connectivity index (χ4v) is 4.40. The molecule has 3 amide bonds. The minimum Gasteiger partial charge on any atom is -0.468 e. The number of rotatable bonds is 5. The van der Waals surface area contributed by atoms with Crippen molar-refractivity contribution in [3.05, 3.63) is 24.3 Å². The SMILES string of the molecule is COC(=O)CN(C)c1ccc(NC(=O)N2CCN(C3CCCCN3C(=O)OC(C)(C)C)CC2)cc1. The molecule has 1 atom stereocenters. The van der Waals surface area contributed by atoms with Gasteiger partial charge in [-0.05, 0) is 64.3 Å². The van der Waals surface area contributed by atoms with E-state index in [1.807, 2.05) is 49.9 Å². The third-order valence-corrected chi connectivity index (χ3v) is 6.28. The number of hydrogen-bond donors (Lipinski definition) is 1. The summed E-state index contributed by atoms with van der Waals surface area (Å²) < 4.78 is 10.3. The molecule has 1 aromatic carbocycles. The van der Waals surface area contributed by atoms with Gasteiger partial charge in [-0.1, -0.05) is 0 Å². The summed E-state index contributed by atoms with van der Waals surface area (Å²) in [5.41, 5.74) is 1.02. The van der Waals surface area contributed by atoms with Gasteiger partial charge >= 0.3 is 18.1 Å². The van der Waals surface area contributed by atoms with Crippen molar-refractivity contribution in [1.82, 2.24) is 14.7 Å². The van der Waals surface area contributed by atoms with Crippen LogP contribution in [0.1, 0.15) is 40.0 Å². The molecule has 0 saturated carbocycles. The number of nitrogens with one attached hydrogen (secondary N) is 1. The maximum Gasteiger partial charge on any atom is 0.411 e. The van der Waals surface area contributed by atoms with E-state index < -0.39 is 5.60 Å². The van der Waals surface area contributed by atoms with Crippen LogP contribution in [0.2, 0.25) is 0 Å². The summed E-state index contributed by atoms with van der Waals surface area (Å²) in [6, 6.07) is 7.19. The second-order valence-electron chi connectivity index (χ2n) is 10.1. The molecule has 0 spiro atoms. The number of carbonyl (C=O) groups excluding carboxylic acids is 3.